The number of aromatic nitrogens is 1. The van der Waals surface area contributed by atoms with Crippen LogP contribution in [0.15, 0.2) is 18.5 Å². The quantitative estimate of drug-likeness (QED) is 0.271. The Morgan fingerprint density at radius 1 is 0.577 bits per heavy atom. The molecule has 0 radical (unpaired) electrons. The molecule has 1 nitrogen and oxygen atoms in total. The first-order valence-corrected chi connectivity index (χ1v) is 11.2. The van der Waals surface area contributed by atoms with E-state index in [1.54, 1.807) is 0 Å². The van der Waals surface area contributed by atoms with Crippen molar-refractivity contribution in [1.82, 2.24) is 0 Å². The van der Waals surface area contributed by atoms with Gasteiger partial charge in [0.2, 0.25) is 0 Å². The molecule has 0 bridgehead atoms. The van der Waals surface area contributed by atoms with E-state index in [0.29, 0.717) is 0 Å². The Kier molecular flexibility index (Phi) is 17.8. The molecule has 0 aliphatic rings. The summed E-state index contributed by atoms with van der Waals surface area (Å²) in [6.07, 6.45) is 26.1. The Bertz CT molecular complexity index is 410. The monoisotopic (exact) mass is 425 g/mol. The molecule has 0 aliphatic carbocycles. The van der Waals surface area contributed by atoms with E-state index in [0.717, 1.165) is 0 Å². The SMILES string of the molecule is CCCCCCCCCCCCCCCCC[n+]1cc(C)cc(C)c1.[Br-]. The summed E-state index contributed by atoms with van der Waals surface area (Å²) < 4.78 is 2.37. The zero-order valence-corrected chi connectivity index (χ0v) is 19.5. The minimum atomic E-state index is 0. The lowest BCUT2D eigenvalue weighted by atomic mass is 10.0. The predicted octanol–water partition coefficient (Wildman–Crippen LogP) is 4.47. The average Bonchev–Trinajstić information content (AvgIpc) is 2.57. The summed E-state index contributed by atoms with van der Waals surface area (Å²) >= 11 is 0. The molecule has 152 valence electrons. The summed E-state index contributed by atoms with van der Waals surface area (Å²) in [4.78, 5) is 0. The van der Waals surface area contributed by atoms with Gasteiger partial charge in [0.15, 0.2) is 12.4 Å². The highest BCUT2D eigenvalue weighted by Crippen LogP contribution is 2.13. The normalized spacial score (nSPS) is 10.7. The summed E-state index contributed by atoms with van der Waals surface area (Å²) in [5.41, 5.74) is 2.75. The van der Waals surface area contributed by atoms with Gasteiger partial charge in [0.05, 0.1) is 0 Å². The van der Waals surface area contributed by atoms with Crippen molar-refractivity contribution in [3.05, 3.63) is 29.6 Å². The van der Waals surface area contributed by atoms with Crippen LogP contribution in [0.1, 0.15) is 114 Å². The fourth-order valence-electron chi connectivity index (χ4n) is 3.79. The number of pyridine rings is 1. The van der Waals surface area contributed by atoms with E-state index in [4.69, 9.17) is 0 Å². The molecule has 0 spiro atoms. The van der Waals surface area contributed by atoms with Crippen molar-refractivity contribution in [2.24, 2.45) is 0 Å². The maximum Gasteiger partial charge on any atom is 0.171 e. The third-order valence-corrected chi connectivity index (χ3v) is 5.21. The second-order valence-electron chi connectivity index (χ2n) is 8.08. The van der Waals surface area contributed by atoms with Crippen molar-refractivity contribution in [1.29, 1.82) is 0 Å². The highest BCUT2D eigenvalue weighted by atomic mass is 79.9. The number of nitrogens with zero attached hydrogens (tertiary/aromatic N) is 1. The third-order valence-electron chi connectivity index (χ3n) is 5.21. The third kappa shape index (κ3) is 14.8. The highest BCUT2D eigenvalue weighted by molar-refractivity contribution is 5.11. The molecule has 1 aromatic heterocycles. The maximum atomic E-state index is 2.37. The minimum absolute atomic E-state index is 0. The molecule has 0 saturated heterocycles. The molecule has 0 saturated carbocycles. The van der Waals surface area contributed by atoms with Crippen molar-refractivity contribution in [2.75, 3.05) is 0 Å². The van der Waals surface area contributed by atoms with Crippen LogP contribution in [0.4, 0.5) is 0 Å². The number of hydrogen-bond donors (Lipinski definition) is 0. The van der Waals surface area contributed by atoms with Crippen LogP contribution < -0.4 is 21.5 Å². The molecule has 1 heterocycles. The van der Waals surface area contributed by atoms with Crippen molar-refractivity contribution < 1.29 is 21.5 Å². The number of hydrogen-bond acceptors (Lipinski definition) is 0. The Morgan fingerprint density at radius 3 is 1.31 bits per heavy atom. The van der Waals surface area contributed by atoms with Crippen LogP contribution in [0, 0.1) is 13.8 Å². The van der Waals surface area contributed by atoms with Gasteiger partial charge in [-0.15, -0.1) is 0 Å². The molecule has 0 aliphatic heterocycles. The summed E-state index contributed by atoms with van der Waals surface area (Å²) in [6.45, 7) is 7.86. The van der Waals surface area contributed by atoms with Gasteiger partial charge < -0.3 is 17.0 Å². The summed E-state index contributed by atoms with van der Waals surface area (Å²) in [6, 6.07) is 2.25. The van der Waals surface area contributed by atoms with Crippen LogP contribution in [0.5, 0.6) is 0 Å². The van der Waals surface area contributed by atoms with Crippen molar-refractivity contribution >= 4 is 0 Å². The Hall–Kier alpha value is -0.370. The molecule has 1 aromatic rings. The second-order valence-corrected chi connectivity index (χ2v) is 8.08. The van der Waals surface area contributed by atoms with Crippen LogP contribution in [-0.4, -0.2) is 0 Å². The maximum absolute atomic E-state index is 2.37. The molecule has 0 N–H and O–H groups in total. The van der Waals surface area contributed by atoms with E-state index in [9.17, 15) is 0 Å². The zero-order chi connectivity index (χ0) is 18.2. The van der Waals surface area contributed by atoms with Gasteiger partial charge in [-0.2, -0.15) is 0 Å². The number of halogens is 1. The molecule has 1 rings (SSSR count). The average molecular weight is 427 g/mol. The Balaban J connectivity index is 0.00000625. The van der Waals surface area contributed by atoms with Crippen LogP contribution in [-0.2, 0) is 6.54 Å². The first-order valence-electron chi connectivity index (χ1n) is 11.2. The summed E-state index contributed by atoms with van der Waals surface area (Å²) in [5.74, 6) is 0. The summed E-state index contributed by atoms with van der Waals surface area (Å²) in [5, 5.41) is 0. The summed E-state index contributed by atoms with van der Waals surface area (Å²) in [7, 11) is 0. The standard InChI is InChI=1S/C24H44N.BrH/c1-4-5-6-7-8-9-10-11-12-13-14-15-16-17-18-19-25-21-23(2)20-24(3)22-25;/h20-22H,4-19H2,1-3H3;1H/q+1;/p-1. The van der Waals surface area contributed by atoms with Gasteiger partial charge in [0, 0.05) is 17.5 Å². The van der Waals surface area contributed by atoms with Crippen molar-refractivity contribution in [3.63, 3.8) is 0 Å². The smallest absolute Gasteiger partial charge is 0.171 e. The fraction of sp³-hybridized carbons (Fsp3) is 0.792. The topological polar surface area (TPSA) is 3.88 Å². The van der Waals surface area contributed by atoms with Crippen LogP contribution in [0.3, 0.4) is 0 Å². The molecule has 0 amide bonds. The molecule has 0 atom stereocenters. The molecule has 0 aromatic carbocycles. The molecular weight excluding hydrogens is 382 g/mol. The van der Waals surface area contributed by atoms with Gasteiger partial charge in [-0.05, 0) is 26.3 Å². The molecule has 2 heteroatoms. The van der Waals surface area contributed by atoms with Crippen LogP contribution in [0.2, 0.25) is 0 Å². The molecule has 0 unspecified atom stereocenters. The Labute approximate surface area is 174 Å². The molecule has 0 fully saturated rings. The Morgan fingerprint density at radius 2 is 0.923 bits per heavy atom. The van der Waals surface area contributed by atoms with Gasteiger partial charge in [-0.1, -0.05) is 90.4 Å². The van der Waals surface area contributed by atoms with Gasteiger partial charge >= 0.3 is 0 Å². The second kappa shape index (κ2) is 18.0. The largest absolute Gasteiger partial charge is 1.00 e. The van der Waals surface area contributed by atoms with E-state index in [-0.39, 0.29) is 17.0 Å². The fourth-order valence-corrected chi connectivity index (χ4v) is 3.79. The lowest BCUT2D eigenvalue weighted by Gasteiger charge is -2.03. The van der Waals surface area contributed by atoms with E-state index in [1.807, 2.05) is 0 Å². The zero-order valence-electron chi connectivity index (χ0n) is 17.9. The lowest BCUT2D eigenvalue weighted by Crippen LogP contribution is -3.00. The number of aryl methyl sites for hydroxylation is 3. The van der Waals surface area contributed by atoms with E-state index >= 15 is 0 Å². The van der Waals surface area contributed by atoms with Gasteiger partial charge in [-0.25, -0.2) is 4.57 Å². The molecule has 26 heavy (non-hydrogen) atoms. The first kappa shape index (κ1) is 25.6. The van der Waals surface area contributed by atoms with Gasteiger partial charge in [0.1, 0.15) is 6.54 Å². The van der Waals surface area contributed by atoms with Crippen LogP contribution in [0.25, 0.3) is 0 Å². The highest BCUT2D eigenvalue weighted by Gasteiger charge is 2.02. The van der Waals surface area contributed by atoms with Crippen molar-refractivity contribution in [3.8, 4) is 0 Å². The minimum Gasteiger partial charge on any atom is -1.00 e. The van der Waals surface area contributed by atoms with E-state index < -0.39 is 0 Å². The number of rotatable bonds is 16. The number of unbranched alkanes of at least 4 members (excludes halogenated alkanes) is 14. The van der Waals surface area contributed by atoms with Gasteiger partial charge in [-0.3, -0.25) is 0 Å². The lowest BCUT2D eigenvalue weighted by molar-refractivity contribution is -0.698. The van der Waals surface area contributed by atoms with Crippen LogP contribution >= 0.6 is 0 Å². The molecular formula is C24H44BrN. The van der Waals surface area contributed by atoms with E-state index in [2.05, 4.69) is 43.8 Å². The predicted molar refractivity (Wildman–Crippen MR) is 111 cm³/mol. The van der Waals surface area contributed by atoms with E-state index in [1.165, 1.54) is 114 Å². The van der Waals surface area contributed by atoms with Crippen molar-refractivity contribution in [2.45, 2.75) is 124 Å². The van der Waals surface area contributed by atoms with Gasteiger partial charge in [0.25, 0.3) is 0 Å². The first-order chi connectivity index (χ1) is 12.2.